The van der Waals surface area contributed by atoms with Gasteiger partial charge in [-0.15, -0.1) is 0 Å². The molecule has 0 spiro atoms. The third-order valence-electron chi connectivity index (χ3n) is 14.4. The van der Waals surface area contributed by atoms with Crippen LogP contribution in [0.15, 0.2) is 11.6 Å². The van der Waals surface area contributed by atoms with E-state index in [2.05, 4.69) is 13.8 Å². The van der Waals surface area contributed by atoms with Gasteiger partial charge in [-0.25, -0.2) is 4.79 Å². The molecule has 7 rings (SSSR count). The van der Waals surface area contributed by atoms with Crippen LogP contribution in [0.4, 0.5) is 0 Å². The normalized spacial score (nSPS) is 54.4. The Bertz CT molecular complexity index is 1260. The van der Waals surface area contributed by atoms with E-state index < -0.39 is 73.6 Å². The van der Waals surface area contributed by atoms with Gasteiger partial charge in [0, 0.05) is 18.6 Å². The minimum Gasteiger partial charge on any atom is -0.458 e. The van der Waals surface area contributed by atoms with Gasteiger partial charge in [-0.2, -0.15) is 0 Å². The van der Waals surface area contributed by atoms with Gasteiger partial charge in [0.25, 0.3) is 0 Å². The van der Waals surface area contributed by atoms with Crippen LogP contribution in [0.2, 0.25) is 0 Å². The van der Waals surface area contributed by atoms with Crippen molar-refractivity contribution in [3.63, 3.8) is 0 Å². The smallest absolute Gasteiger partial charge is 0.331 e. The predicted octanol–water partition coefficient (Wildman–Crippen LogP) is 0.934. The van der Waals surface area contributed by atoms with Gasteiger partial charge in [-0.05, 0) is 99.4 Å². The lowest BCUT2D eigenvalue weighted by molar-refractivity contribution is -0.362. The summed E-state index contributed by atoms with van der Waals surface area (Å²) in [6, 6.07) is 0. The van der Waals surface area contributed by atoms with Crippen molar-refractivity contribution >= 4 is 5.97 Å². The number of fused-ring (bicyclic) bond motifs is 5. The molecule has 4 aliphatic carbocycles. The summed E-state index contributed by atoms with van der Waals surface area (Å²) < 4.78 is 35.1. The van der Waals surface area contributed by atoms with Crippen LogP contribution in [0.3, 0.4) is 0 Å². The topological polar surface area (TPSA) is 194 Å². The number of methoxy groups -OCH3 is 1. The van der Waals surface area contributed by atoms with Crippen LogP contribution in [0.25, 0.3) is 0 Å². The predicted molar refractivity (Wildman–Crippen MR) is 170 cm³/mol. The Balaban J connectivity index is 0.990. The number of esters is 1. The molecule has 2 saturated heterocycles. The molecule has 0 aromatic carbocycles. The Morgan fingerprint density at radius 2 is 1.61 bits per heavy atom. The third kappa shape index (κ3) is 5.74. The molecule has 7 aliphatic rings. The number of hydrogen-bond acceptors (Lipinski definition) is 13. The van der Waals surface area contributed by atoms with Crippen molar-refractivity contribution in [2.75, 3.05) is 20.3 Å². The van der Waals surface area contributed by atoms with Crippen LogP contribution in [-0.4, -0.2) is 130 Å². The van der Waals surface area contributed by atoms with E-state index >= 15 is 0 Å². The molecule has 13 nitrogen and oxygen atoms in total. The van der Waals surface area contributed by atoms with Crippen molar-refractivity contribution in [2.24, 2.45) is 34.5 Å². The van der Waals surface area contributed by atoms with E-state index in [0.717, 1.165) is 63.4 Å². The Morgan fingerprint density at radius 1 is 0.857 bits per heavy atom. The molecular weight excluding hydrogens is 640 g/mol. The standard InChI is InChI=1S/C36H56O13/c1-17-30(49-32-28(41)27(40)26(39)24(15-37)48-32)31(44-4)29(42)33(46-17)47-20-7-10-34(2)19(14-20)5-6-23-22(34)8-11-35(3)21(9-12-36(23,35)43)18-13-25(38)45-16-18/h13,17,19-24,26-33,37,39-43H,5-12,14-16H2,1-4H3/t17-,19+,20-,21+,22-,23+,24-,26-,27+,28-,29-,30-,31-,32+,33-,34-,35+,36-/m0/s1. The highest BCUT2D eigenvalue weighted by Gasteiger charge is 2.68. The molecule has 3 aliphatic heterocycles. The number of cyclic esters (lactones) is 1. The van der Waals surface area contributed by atoms with E-state index in [9.17, 15) is 35.4 Å². The highest BCUT2D eigenvalue weighted by atomic mass is 16.7. The largest absolute Gasteiger partial charge is 0.458 e. The van der Waals surface area contributed by atoms with Gasteiger partial charge >= 0.3 is 5.97 Å². The van der Waals surface area contributed by atoms with E-state index in [1.165, 1.54) is 7.11 Å². The summed E-state index contributed by atoms with van der Waals surface area (Å²) in [5, 5.41) is 64.3. The van der Waals surface area contributed by atoms with Crippen LogP contribution in [0.1, 0.15) is 78.6 Å². The number of hydrogen-bond donors (Lipinski definition) is 6. The first-order chi connectivity index (χ1) is 23.3. The molecule has 49 heavy (non-hydrogen) atoms. The molecule has 0 unspecified atom stereocenters. The minimum absolute atomic E-state index is 0.0579. The van der Waals surface area contributed by atoms with Gasteiger partial charge < -0.3 is 59.1 Å². The van der Waals surface area contributed by atoms with Gasteiger partial charge in [0.05, 0.1) is 24.4 Å². The van der Waals surface area contributed by atoms with Gasteiger partial charge in [0.1, 0.15) is 49.3 Å². The second-order valence-corrected chi connectivity index (χ2v) is 16.5. The van der Waals surface area contributed by atoms with Crippen molar-refractivity contribution in [2.45, 2.75) is 152 Å². The third-order valence-corrected chi connectivity index (χ3v) is 14.4. The monoisotopic (exact) mass is 696 g/mol. The molecule has 0 bridgehead atoms. The summed E-state index contributed by atoms with van der Waals surface area (Å²) in [4.78, 5) is 11.9. The number of ether oxygens (including phenoxy) is 6. The first-order valence-electron chi connectivity index (χ1n) is 18.3. The molecule has 0 aromatic rings. The molecule has 6 N–H and O–H groups in total. The average Bonchev–Trinajstić information content (AvgIpc) is 3.62. The number of aliphatic hydroxyl groups is 6. The molecule has 0 radical (unpaired) electrons. The highest BCUT2D eigenvalue weighted by molar-refractivity contribution is 5.85. The number of rotatable bonds is 7. The lowest BCUT2D eigenvalue weighted by Gasteiger charge is -2.64. The maximum Gasteiger partial charge on any atom is 0.331 e. The summed E-state index contributed by atoms with van der Waals surface area (Å²) in [6.07, 6.45) is -2.30. The van der Waals surface area contributed by atoms with Crippen LogP contribution in [-0.2, 0) is 33.2 Å². The maximum atomic E-state index is 12.5. The van der Waals surface area contributed by atoms with E-state index in [4.69, 9.17) is 28.4 Å². The molecule has 3 heterocycles. The molecule has 18 atom stereocenters. The molecule has 13 heteroatoms. The van der Waals surface area contributed by atoms with Gasteiger partial charge in [-0.1, -0.05) is 13.8 Å². The molecule has 6 fully saturated rings. The van der Waals surface area contributed by atoms with Gasteiger partial charge in [0.15, 0.2) is 12.6 Å². The Kier molecular flexibility index (Phi) is 9.82. The summed E-state index contributed by atoms with van der Waals surface area (Å²) in [7, 11) is 1.44. The minimum atomic E-state index is -1.60. The Morgan fingerprint density at radius 3 is 2.31 bits per heavy atom. The summed E-state index contributed by atoms with van der Waals surface area (Å²) in [5.41, 5.74) is 0.0599. The number of aliphatic hydroxyl groups excluding tert-OH is 5. The fraction of sp³-hybridized carbons (Fsp3) is 0.917. The zero-order valence-corrected chi connectivity index (χ0v) is 29.1. The Hall–Kier alpha value is -1.23. The van der Waals surface area contributed by atoms with Crippen LogP contribution in [0, 0.1) is 34.5 Å². The average molecular weight is 697 g/mol. The van der Waals surface area contributed by atoms with Crippen molar-refractivity contribution in [1.29, 1.82) is 0 Å². The first-order valence-corrected chi connectivity index (χ1v) is 18.3. The van der Waals surface area contributed by atoms with Crippen molar-refractivity contribution in [1.82, 2.24) is 0 Å². The fourth-order valence-electron chi connectivity index (χ4n) is 11.6. The Labute approximate surface area is 287 Å². The summed E-state index contributed by atoms with van der Waals surface area (Å²) in [5.74, 6) is 0.909. The lowest BCUT2D eigenvalue weighted by Crippen LogP contribution is -2.64. The number of carbonyl (C=O) groups is 1. The van der Waals surface area contributed by atoms with Crippen molar-refractivity contribution in [3.05, 3.63) is 11.6 Å². The first kappa shape index (κ1) is 36.1. The quantitative estimate of drug-likeness (QED) is 0.163. The van der Waals surface area contributed by atoms with Crippen LogP contribution >= 0.6 is 0 Å². The molecule has 0 amide bonds. The second-order valence-electron chi connectivity index (χ2n) is 16.5. The van der Waals surface area contributed by atoms with E-state index in [1.54, 1.807) is 13.0 Å². The molecular formula is C36H56O13. The summed E-state index contributed by atoms with van der Waals surface area (Å²) in [6.45, 7) is 6.15. The molecule has 4 saturated carbocycles. The zero-order valence-electron chi connectivity index (χ0n) is 29.1. The SMILES string of the molecule is CO[C@H]1[C@H](O)[C@H](O[C@H]2CC[C@@]3(C)[C@H](CC[C@@H]4[C@@H]3CC[C@]3(C)[C@@H](C5=CC(=O)OC5)CC[C@]43O)C2)O[C@@H](C)[C@@H]1O[C@H]1O[C@@H](CO)[C@H](O)[C@@H](O)[C@@H]1O. The maximum absolute atomic E-state index is 12.5. The van der Waals surface area contributed by atoms with Crippen molar-refractivity contribution < 1.29 is 63.9 Å². The van der Waals surface area contributed by atoms with Crippen LogP contribution in [0.5, 0.6) is 0 Å². The van der Waals surface area contributed by atoms with Crippen molar-refractivity contribution in [3.8, 4) is 0 Å². The molecule has 278 valence electrons. The van der Waals surface area contributed by atoms with E-state index in [1.807, 2.05) is 0 Å². The van der Waals surface area contributed by atoms with Crippen LogP contribution < -0.4 is 0 Å². The van der Waals surface area contributed by atoms with E-state index in [-0.39, 0.29) is 34.7 Å². The fourth-order valence-corrected chi connectivity index (χ4v) is 11.6. The van der Waals surface area contributed by atoms with Gasteiger partial charge in [0.2, 0.25) is 0 Å². The summed E-state index contributed by atoms with van der Waals surface area (Å²) >= 11 is 0. The van der Waals surface area contributed by atoms with E-state index in [0.29, 0.717) is 18.4 Å². The number of carbonyl (C=O) groups excluding carboxylic acids is 1. The molecule has 0 aromatic heterocycles. The second kappa shape index (κ2) is 13.3. The van der Waals surface area contributed by atoms with Gasteiger partial charge in [-0.3, -0.25) is 0 Å². The lowest BCUT2D eigenvalue weighted by atomic mass is 9.43. The zero-order chi connectivity index (χ0) is 35.0. The highest BCUT2D eigenvalue weighted by Crippen LogP contribution is 2.70.